The van der Waals surface area contributed by atoms with E-state index in [0.29, 0.717) is 39.8 Å². The quantitative estimate of drug-likeness (QED) is 0.527. The van der Waals surface area contributed by atoms with Crippen LogP contribution in [0.25, 0.3) is 27.7 Å². The zero-order valence-corrected chi connectivity index (χ0v) is 17.7. The second kappa shape index (κ2) is 8.13. The van der Waals surface area contributed by atoms with E-state index >= 15 is 0 Å². The van der Waals surface area contributed by atoms with Gasteiger partial charge in [-0.25, -0.2) is 4.79 Å². The molecular weight excluding hydrogens is 406 g/mol. The number of para-hydroxylation sites is 1. The molecule has 0 amide bonds. The maximum absolute atomic E-state index is 13.3. The Balaban J connectivity index is 2.02. The minimum Gasteiger partial charge on any atom is -0.388 e. The van der Waals surface area contributed by atoms with Crippen molar-refractivity contribution in [1.82, 2.24) is 18.9 Å². The number of aliphatic hydroxyl groups excluding tert-OH is 1. The highest BCUT2D eigenvalue weighted by Crippen LogP contribution is 2.26. The van der Waals surface area contributed by atoms with Gasteiger partial charge >= 0.3 is 5.69 Å². The summed E-state index contributed by atoms with van der Waals surface area (Å²) in [7, 11) is 0. The lowest BCUT2D eigenvalue weighted by molar-refractivity contribution is 0.264. The Kier molecular flexibility index (Phi) is 5.34. The molecule has 32 heavy (non-hydrogen) atoms. The number of benzene rings is 2. The molecule has 0 fully saturated rings. The van der Waals surface area contributed by atoms with Gasteiger partial charge in [0.05, 0.1) is 16.9 Å². The van der Waals surface area contributed by atoms with Crippen LogP contribution < -0.4 is 11.2 Å². The van der Waals surface area contributed by atoms with Crippen molar-refractivity contribution in [2.45, 2.75) is 27.0 Å². The molecule has 160 valence electrons. The van der Waals surface area contributed by atoms with Gasteiger partial charge in [0.15, 0.2) is 5.82 Å². The van der Waals surface area contributed by atoms with Crippen LogP contribution in [0.4, 0.5) is 0 Å². The van der Waals surface area contributed by atoms with E-state index in [2.05, 4.69) is 17.7 Å². The topological polar surface area (TPSA) is 106 Å². The van der Waals surface area contributed by atoms with E-state index in [0.717, 1.165) is 5.57 Å². The van der Waals surface area contributed by atoms with Gasteiger partial charge in [-0.05, 0) is 55.1 Å². The highest BCUT2D eigenvalue weighted by molar-refractivity contribution is 5.93. The van der Waals surface area contributed by atoms with Crippen molar-refractivity contribution in [3.8, 4) is 17.4 Å². The first-order valence-corrected chi connectivity index (χ1v) is 10.1. The normalized spacial score (nSPS) is 10.9. The van der Waals surface area contributed by atoms with Gasteiger partial charge in [-0.15, -0.1) is 5.10 Å². The molecule has 2 aromatic carbocycles. The third-order valence-electron chi connectivity index (χ3n) is 5.39. The molecular formula is C24H21N5O3. The van der Waals surface area contributed by atoms with Gasteiger partial charge in [-0.1, -0.05) is 18.7 Å². The van der Waals surface area contributed by atoms with Crippen LogP contribution in [-0.4, -0.2) is 24.0 Å². The summed E-state index contributed by atoms with van der Waals surface area (Å²) in [6.45, 7) is 7.69. The number of nitrogens with zero attached hydrogens (tertiary/aromatic N) is 5. The Bertz CT molecular complexity index is 1530. The standard InChI is InChI=1S/C24H21N5O3/c1-4-27-22(14-30)26-29(24(27)32)17-9-10-18-19(11-17)20(15(2)3)13-28(23(18)31)21-8-6-5-7-16(21)12-25/h5-11,13,30H,2,4,14H2,1,3H3. The van der Waals surface area contributed by atoms with Crippen LogP contribution in [0.15, 0.2) is 64.8 Å². The SMILES string of the molecule is C=C(C)c1cn(-c2ccccc2C#N)c(=O)c2ccc(-n3nc(CO)n(CC)c3=O)cc12. The van der Waals surface area contributed by atoms with Crippen molar-refractivity contribution in [2.24, 2.45) is 0 Å². The number of aromatic nitrogens is 4. The Labute approximate surface area is 183 Å². The highest BCUT2D eigenvalue weighted by Gasteiger charge is 2.17. The molecule has 0 atom stereocenters. The van der Waals surface area contributed by atoms with Gasteiger partial charge in [0.1, 0.15) is 12.7 Å². The van der Waals surface area contributed by atoms with Crippen molar-refractivity contribution in [1.29, 1.82) is 5.26 Å². The third kappa shape index (κ3) is 3.25. The van der Waals surface area contributed by atoms with Crippen molar-refractivity contribution >= 4 is 16.3 Å². The Morgan fingerprint density at radius 2 is 1.94 bits per heavy atom. The van der Waals surface area contributed by atoms with Crippen LogP contribution >= 0.6 is 0 Å². The largest absolute Gasteiger partial charge is 0.388 e. The molecule has 0 radical (unpaired) electrons. The van der Waals surface area contributed by atoms with Gasteiger partial charge in [-0.2, -0.15) is 9.94 Å². The molecule has 0 aliphatic rings. The lowest BCUT2D eigenvalue weighted by Gasteiger charge is -2.14. The van der Waals surface area contributed by atoms with Crippen LogP contribution in [-0.2, 0) is 13.2 Å². The maximum atomic E-state index is 13.3. The van der Waals surface area contributed by atoms with Gasteiger partial charge in [-0.3, -0.25) is 13.9 Å². The molecule has 0 bridgehead atoms. The first kappa shape index (κ1) is 21.0. The molecule has 2 aromatic heterocycles. The van der Waals surface area contributed by atoms with E-state index in [-0.39, 0.29) is 23.7 Å². The number of hydrogen-bond acceptors (Lipinski definition) is 5. The number of fused-ring (bicyclic) bond motifs is 1. The van der Waals surface area contributed by atoms with Crippen LogP contribution in [0.3, 0.4) is 0 Å². The fourth-order valence-electron chi connectivity index (χ4n) is 3.80. The molecule has 1 N–H and O–H groups in total. The molecule has 0 spiro atoms. The number of nitriles is 1. The van der Waals surface area contributed by atoms with Crippen LogP contribution in [0.5, 0.6) is 0 Å². The van der Waals surface area contributed by atoms with Crippen molar-refractivity contribution in [3.63, 3.8) is 0 Å². The molecule has 0 aliphatic carbocycles. The molecule has 4 aromatic rings. The monoisotopic (exact) mass is 427 g/mol. The molecule has 0 saturated carbocycles. The highest BCUT2D eigenvalue weighted by atomic mass is 16.3. The predicted molar refractivity (Wildman–Crippen MR) is 122 cm³/mol. The van der Waals surface area contributed by atoms with Gasteiger partial charge in [0, 0.05) is 23.7 Å². The summed E-state index contributed by atoms with van der Waals surface area (Å²) in [6, 6.07) is 14.0. The lowest BCUT2D eigenvalue weighted by atomic mass is 10.0. The van der Waals surface area contributed by atoms with E-state index in [4.69, 9.17) is 0 Å². The third-order valence-corrected chi connectivity index (χ3v) is 5.39. The average Bonchev–Trinajstić information content (AvgIpc) is 3.14. The minimum atomic E-state index is -0.371. The van der Waals surface area contributed by atoms with Crippen LogP contribution in [0.1, 0.15) is 30.8 Å². The van der Waals surface area contributed by atoms with Crippen LogP contribution in [0, 0.1) is 11.3 Å². The number of pyridine rings is 1. The summed E-state index contributed by atoms with van der Waals surface area (Å²) in [5.74, 6) is 0.265. The lowest BCUT2D eigenvalue weighted by Crippen LogP contribution is -2.24. The number of aliphatic hydroxyl groups is 1. The second-order valence-corrected chi connectivity index (χ2v) is 7.37. The van der Waals surface area contributed by atoms with Gasteiger partial charge in [0.25, 0.3) is 5.56 Å². The predicted octanol–water partition coefficient (Wildman–Crippen LogP) is 2.76. The van der Waals surface area contributed by atoms with Gasteiger partial charge < -0.3 is 5.11 Å². The fraction of sp³-hybridized carbons (Fsp3) is 0.167. The zero-order valence-electron chi connectivity index (χ0n) is 17.7. The first-order valence-electron chi connectivity index (χ1n) is 10.1. The smallest absolute Gasteiger partial charge is 0.350 e. The minimum absolute atomic E-state index is 0.265. The van der Waals surface area contributed by atoms with E-state index in [9.17, 15) is 20.0 Å². The Hall–Kier alpha value is -4.22. The van der Waals surface area contributed by atoms with Crippen molar-refractivity contribution in [3.05, 3.63) is 93.0 Å². The fourth-order valence-corrected chi connectivity index (χ4v) is 3.80. The molecule has 8 nitrogen and oxygen atoms in total. The Morgan fingerprint density at radius 1 is 1.19 bits per heavy atom. The second-order valence-electron chi connectivity index (χ2n) is 7.37. The molecule has 8 heteroatoms. The van der Waals surface area contributed by atoms with Gasteiger partial charge in [0.2, 0.25) is 0 Å². The van der Waals surface area contributed by atoms with Crippen molar-refractivity contribution < 1.29 is 5.11 Å². The average molecular weight is 427 g/mol. The molecule has 2 heterocycles. The summed E-state index contributed by atoms with van der Waals surface area (Å²) in [4.78, 5) is 26.1. The molecule has 0 saturated heterocycles. The number of rotatable bonds is 5. The first-order chi connectivity index (χ1) is 15.4. The summed E-state index contributed by atoms with van der Waals surface area (Å²) >= 11 is 0. The summed E-state index contributed by atoms with van der Waals surface area (Å²) < 4.78 is 4.06. The van der Waals surface area contributed by atoms with E-state index in [1.165, 1.54) is 13.8 Å². The summed E-state index contributed by atoms with van der Waals surface area (Å²) in [6.07, 6.45) is 1.67. The maximum Gasteiger partial charge on any atom is 0.350 e. The van der Waals surface area contributed by atoms with E-state index in [1.807, 2.05) is 6.92 Å². The number of allylic oxidation sites excluding steroid dienone is 1. The molecule has 0 unspecified atom stereocenters. The van der Waals surface area contributed by atoms with E-state index in [1.54, 1.807) is 55.6 Å². The Morgan fingerprint density at radius 3 is 2.56 bits per heavy atom. The van der Waals surface area contributed by atoms with Crippen LogP contribution in [0.2, 0.25) is 0 Å². The summed E-state index contributed by atoms with van der Waals surface area (Å²) in [5, 5.41) is 24.3. The zero-order chi connectivity index (χ0) is 23.0. The molecule has 4 rings (SSSR count). The van der Waals surface area contributed by atoms with E-state index < -0.39 is 0 Å². The molecule has 0 aliphatic heterocycles. The number of hydrogen-bond donors (Lipinski definition) is 1. The summed E-state index contributed by atoms with van der Waals surface area (Å²) in [5.41, 5.74) is 2.11. The van der Waals surface area contributed by atoms with Crippen molar-refractivity contribution in [2.75, 3.05) is 0 Å².